The maximum absolute atomic E-state index is 8.68. The fourth-order valence-electron chi connectivity index (χ4n) is 0. The van der Waals surface area contributed by atoms with Crippen LogP contribution in [0, 0.1) is 0 Å². The van der Waals surface area contributed by atoms with E-state index >= 15 is 0 Å². The zero-order valence-corrected chi connectivity index (χ0v) is 9.72. The molecule has 0 saturated carbocycles. The van der Waals surface area contributed by atoms with E-state index in [1.165, 1.54) is 0 Å². The van der Waals surface area contributed by atoms with Gasteiger partial charge in [-0.2, -0.15) is 0 Å². The number of rotatable bonds is 0. The molecule has 0 rings (SSSR count). The molecule has 0 unspecified atom stereocenters. The summed E-state index contributed by atoms with van der Waals surface area (Å²) in [6.07, 6.45) is 0. The van der Waals surface area contributed by atoms with Crippen LogP contribution in [-0.2, 0) is 0 Å². The van der Waals surface area contributed by atoms with Crippen LogP contribution in [0.1, 0.15) is 0 Å². The average Bonchev–Trinajstić information content (AvgIpc) is 0.811. The largest absolute Gasteiger partial charge is 0.503 e. The van der Waals surface area contributed by atoms with Gasteiger partial charge in [-0.25, -0.2) is 0 Å². The molecule has 3 nitrogen and oxygen atoms in total. The van der Waals surface area contributed by atoms with Gasteiger partial charge in [-0.05, 0) is 3.44 Å². The Hall–Kier alpha value is 2.42. The first-order valence-electron chi connectivity index (χ1n) is 0.478. The Balaban J connectivity index is 0. The van der Waals surface area contributed by atoms with Crippen LogP contribution in [0.5, 0.6) is 0 Å². The van der Waals surface area contributed by atoms with E-state index in [9.17, 15) is 0 Å². The maximum atomic E-state index is 8.68. The molecule has 0 aliphatic heterocycles. The van der Waals surface area contributed by atoms with Crippen molar-refractivity contribution < 1.29 is 31.4 Å². The first-order valence-corrected chi connectivity index (χ1v) is 3.20. The Morgan fingerprint density at radius 1 is 1.40 bits per heavy atom. The van der Waals surface area contributed by atoms with Gasteiger partial charge in [-0.1, -0.05) is 0 Å². The summed E-state index contributed by atoms with van der Waals surface area (Å²) < 4.78 is 24.5. The summed E-state index contributed by atoms with van der Waals surface area (Å²) in [4.78, 5) is 0. The molecule has 0 aromatic heterocycles. The molecule has 0 fully saturated rings. The molecule has 1 N–H and O–H groups in total. The molecule has 0 aliphatic rings. The molecular formula is HIO3Rb. The van der Waals surface area contributed by atoms with Gasteiger partial charge in [0.15, 0.2) is 0 Å². The van der Waals surface area contributed by atoms with Crippen LogP contribution in [-0.4, -0.2) is 61.6 Å². The molecule has 0 aromatic carbocycles. The second-order valence-electron chi connectivity index (χ2n) is 0.201. The van der Waals surface area contributed by atoms with Gasteiger partial charge in [0, 0.05) is 58.2 Å². The van der Waals surface area contributed by atoms with Crippen molar-refractivity contribution in [2.45, 2.75) is 0 Å². The zero-order chi connectivity index (χ0) is 3.58. The minimum atomic E-state index is -3.76. The van der Waals surface area contributed by atoms with Gasteiger partial charge in [0.2, 0.25) is 0 Å². The summed E-state index contributed by atoms with van der Waals surface area (Å²) in [5.74, 6) is 0. The Morgan fingerprint density at radius 3 is 1.40 bits per heavy atom. The molecule has 0 saturated heterocycles. The summed E-state index contributed by atoms with van der Waals surface area (Å²) in [5.41, 5.74) is 0. The maximum Gasteiger partial charge on any atom is 0.503 e. The van der Waals surface area contributed by atoms with Crippen molar-refractivity contribution in [3.63, 3.8) is 0 Å². The SMILES string of the molecule is [O-][I+2]([O-])O.[Rb]. The molecule has 0 amide bonds. The van der Waals surface area contributed by atoms with Crippen LogP contribution in [0.2, 0.25) is 0 Å². The molecular weight excluding hydrogens is 260 g/mol. The molecule has 0 heterocycles. The van der Waals surface area contributed by atoms with Gasteiger partial charge in [-0.15, -0.1) is 0 Å². The van der Waals surface area contributed by atoms with Crippen molar-refractivity contribution in [2.75, 3.05) is 0 Å². The number of halogens is 1. The normalized spacial score (nSPS) is 7.20. The average molecular weight is 261 g/mol. The van der Waals surface area contributed by atoms with E-state index in [-0.39, 0.29) is 58.2 Å². The van der Waals surface area contributed by atoms with Crippen molar-refractivity contribution in [1.82, 2.24) is 0 Å². The van der Waals surface area contributed by atoms with Gasteiger partial charge in [-0.3, -0.25) is 0 Å². The second kappa shape index (κ2) is 6.42. The molecule has 0 atom stereocenters. The van der Waals surface area contributed by atoms with E-state index in [1.54, 1.807) is 0 Å². The van der Waals surface area contributed by atoms with Crippen LogP contribution >= 0.6 is 0 Å². The second-order valence-corrected chi connectivity index (χ2v) is 1.35. The summed E-state index contributed by atoms with van der Waals surface area (Å²) in [6, 6.07) is 0. The third kappa shape index (κ3) is 21.4. The predicted molar refractivity (Wildman–Crippen MR) is 7.97 cm³/mol. The minimum absolute atomic E-state index is 0. The van der Waals surface area contributed by atoms with Crippen molar-refractivity contribution in [3.8, 4) is 0 Å². The van der Waals surface area contributed by atoms with Gasteiger partial charge < -0.3 is 6.87 Å². The van der Waals surface area contributed by atoms with Gasteiger partial charge in [0.1, 0.15) is 0 Å². The third-order valence-corrected chi connectivity index (χ3v) is 0. The van der Waals surface area contributed by atoms with E-state index in [1.807, 2.05) is 0 Å². The smallest absolute Gasteiger partial charge is 0.396 e. The van der Waals surface area contributed by atoms with Crippen LogP contribution in [0.15, 0.2) is 0 Å². The van der Waals surface area contributed by atoms with Gasteiger partial charge >= 0.3 is 21.1 Å². The van der Waals surface area contributed by atoms with E-state index in [0.29, 0.717) is 0 Å². The quantitative estimate of drug-likeness (QED) is 0.441. The van der Waals surface area contributed by atoms with Crippen LogP contribution in [0.3, 0.4) is 0 Å². The molecule has 5 heavy (non-hydrogen) atoms. The molecule has 0 spiro atoms. The van der Waals surface area contributed by atoms with E-state index in [2.05, 4.69) is 0 Å². The topological polar surface area (TPSA) is 66.3 Å². The monoisotopic (exact) mass is 261 g/mol. The number of hydrogen-bond donors (Lipinski definition) is 1. The van der Waals surface area contributed by atoms with E-state index in [4.69, 9.17) is 10.3 Å². The van der Waals surface area contributed by atoms with E-state index < -0.39 is 21.1 Å². The van der Waals surface area contributed by atoms with Crippen molar-refractivity contribution in [3.05, 3.63) is 0 Å². The van der Waals surface area contributed by atoms with Crippen molar-refractivity contribution in [2.24, 2.45) is 0 Å². The summed E-state index contributed by atoms with van der Waals surface area (Å²) >= 11 is -3.76. The van der Waals surface area contributed by atoms with Crippen molar-refractivity contribution in [1.29, 1.82) is 0 Å². The van der Waals surface area contributed by atoms with Crippen LogP contribution in [0.4, 0.5) is 0 Å². The Labute approximate surface area is 87.2 Å². The summed E-state index contributed by atoms with van der Waals surface area (Å²) in [5, 5.41) is 0. The van der Waals surface area contributed by atoms with Crippen LogP contribution < -0.4 is 27.9 Å². The minimum Gasteiger partial charge on any atom is -0.396 e. The Bertz CT molecular complexity index is 11.6. The molecule has 0 bridgehead atoms. The van der Waals surface area contributed by atoms with E-state index in [0.717, 1.165) is 0 Å². The molecule has 0 aromatic rings. The first kappa shape index (κ1) is 10.4. The van der Waals surface area contributed by atoms with Crippen molar-refractivity contribution >= 4 is 58.2 Å². The fraction of sp³-hybridized carbons (Fsp3) is 0. The standard InChI is InChI=1S/HIO3.Rb/c2-1(3)4;/h2H;. The zero-order valence-electron chi connectivity index (χ0n) is 2.64. The third-order valence-electron chi connectivity index (χ3n) is 0. The summed E-state index contributed by atoms with van der Waals surface area (Å²) in [7, 11) is 0. The van der Waals surface area contributed by atoms with Crippen LogP contribution in [0.25, 0.3) is 0 Å². The molecule has 5 heteroatoms. The van der Waals surface area contributed by atoms with Gasteiger partial charge in [0.05, 0.1) is 0 Å². The molecule has 1 radical (unpaired) electrons. The first-order chi connectivity index (χ1) is 1.73. The summed E-state index contributed by atoms with van der Waals surface area (Å²) in [6.45, 7) is 0. The Morgan fingerprint density at radius 2 is 1.40 bits per heavy atom. The fourth-order valence-corrected chi connectivity index (χ4v) is 0. The Kier molecular flexibility index (Phi) is 13.4. The molecule has 0 aliphatic carbocycles. The number of hydrogen-bond acceptors (Lipinski definition) is 3. The van der Waals surface area contributed by atoms with Gasteiger partial charge in [0.25, 0.3) is 0 Å². The molecule has 27 valence electrons. The predicted octanol–water partition coefficient (Wildman–Crippen LogP) is -6.31.